The van der Waals surface area contributed by atoms with Crippen LogP contribution in [0.3, 0.4) is 0 Å². The van der Waals surface area contributed by atoms with E-state index in [2.05, 4.69) is 9.97 Å². The van der Waals surface area contributed by atoms with E-state index >= 15 is 0 Å². The number of hydrogen-bond donors (Lipinski definition) is 2. The molecule has 0 spiro atoms. The van der Waals surface area contributed by atoms with Crippen LogP contribution in [0.5, 0.6) is 5.88 Å². The first-order chi connectivity index (χ1) is 19.5. The van der Waals surface area contributed by atoms with Crippen LogP contribution in [0.15, 0.2) is 30.6 Å². The van der Waals surface area contributed by atoms with Gasteiger partial charge in [-0.15, -0.1) is 0 Å². The van der Waals surface area contributed by atoms with Crippen molar-refractivity contribution in [2.45, 2.75) is 56.8 Å². The molecule has 0 unspecified atom stereocenters. The number of aliphatic hydroxyl groups excluding tert-OH is 1. The highest BCUT2D eigenvalue weighted by atomic mass is 19.4. The second-order valence-electron chi connectivity index (χ2n) is 11.3. The number of amides is 2. The molecule has 13 heteroatoms. The van der Waals surface area contributed by atoms with Crippen molar-refractivity contribution in [3.05, 3.63) is 42.0 Å². The number of primary amides is 1. The van der Waals surface area contributed by atoms with Crippen LogP contribution in [0.25, 0.3) is 11.3 Å². The number of rotatable bonds is 8. The predicted molar refractivity (Wildman–Crippen MR) is 139 cm³/mol. The number of likely N-dealkylation sites (tertiary alicyclic amines) is 2. The number of alkyl halides is 3. The van der Waals surface area contributed by atoms with E-state index in [1.165, 1.54) is 24.5 Å². The van der Waals surface area contributed by atoms with E-state index in [-0.39, 0.29) is 49.7 Å². The molecule has 3 heterocycles. The van der Waals surface area contributed by atoms with Crippen molar-refractivity contribution in [1.82, 2.24) is 19.8 Å². The molecule has 3 aliphatic rings. The normalized spacial score (nSPS) is 23.3. The fourth-order valence-electron chi connectivity index (χ4n) is 5.97. The summed E-state index contributed by atoms with van der Waals surface area (Å²) in [4.78, 5) is 36.0. The lowest BCUT2D eigenvalue weighted by Gasteiger charge is -2.47. The molecule has 0 radical (unpaired) electrons. The molecule has 1 aliphatic carbocycles. The average molecular weight is 580 g/mol. The van der Waals surface area contributed by atoms with Crippen molar-refractivity contribution in [2.75, 3.05) is 32.8 Å². The average Bonchev–Trinajstić information content (AvgIpc) is 3.31. The highest BCUT2D eigenvalue weighted by Gasteiger charge is 2.58. The molecule has 9 nitrogen and oxygen atoms in total. The Hall–Kier alpha value is -3.32. The van der Waals surface area contributed by atoms with E-state index in [1.54, 1.807) is 0 Å². The molecule has 3 fully saturated rings. The standard InChI is InChI=1S/C28H33F4N5O4/c29-20-12-18(2-3-19(20)26(40)37-11-6-22(38)24(37)25(33)39)21-13-35-23(14-34-21)41-15-17-4-9-36(10-5-17)16-27(7-1-8-27)28(30,31)32/h2-3,12-14,17,22,24,38H,1,4-11,15-16H2,(H2,33,39)/t22-,24-/m0/s1. The van der Waals surface area contributed by atoms with Crippen molar-refractivity contribution < 1.29 is 37.0 Å². The van der Waals surface area contributed by atoms with Crippen molar-refractivity contribution in [1.29, 1.82) is 0 Å². The number of hydrogen-bond acceptors (Lipinski definition) is 7. The SMILES string of the molecule is NC(=O)[C@@H]1[C@@H](O)CCN1C(=O)c1ccc(-c2cnc(OCC3CCN(CC4(C(F)(F)F)CCC4)CC3)cn2)cc1F. The van der Waals surface area contributed by atoms with Gasteiger partial charge < -0.3 is 25.4 Å². The zero-order valence-corrected chi connectivity index (χ0v) is 22.4. The second kappa shape index (κ2) is 11.5. The van der Waals surface area contributed by atoms with Gasteiger partial charge in [-0.05, 0) is 63.2 Å². The fraction of sp³-hybridized carbons (Fsp3) is 0.571. The lowest BCUT2D eigenvalue weighted by atomic mass is 9.67. The van der Waals surface area contributed by atoms with E-state index in [0.717, 1.165) is 23.8 Å². The molecular formula is C28H33F4N5O4. The molecule has 2 amide bonds. The number of nitrogens with two attached hydrogens (primary N) is 1. The number of aromatic nitrogens is 2. The van der Waals surface area contributed by atoms with Crippen molar-refractivity contribution in [2.24, 2.45) is 17.1 Å². The Morgan fingerprint density at radius 2 is 1.83 bits per heavy atom. The highest BCUT2D eigenvalue weighted by Crippen LogP contribution is 2.53. The van der Waals surface area contributed by atoms with Crippen LogP contribution in [0, 0.1) is 17.2 Å². The number of benzene rings is 1. The zero-order valence-electron chi connectivity index (χ0n) is 22.4. The van der Waals surface area contributed by atoms with Crippen molar-refractivity contribution in [3.8, 4) is 17.1 Å². The molecule has 3 N–H and O–H groups in total. The van der Waals surface area contributed by atoms with Crippen LogP contribution < -0.4 is 10.5 Å². The Morgan fingerprint density at radius 1 is 1.10 bits per heavy atom. The summed E-state index contributed by atoms with van der Waals surface area (Å²) in [6.45, 7) is 1.72. The van der Waals surface area contributed by atoms with Crippen molar-refractivity contribution in [3.63, 3.8) is 0 Å². The van der Waals surface area contributed by atoms with Crippen LogP contribution in [-0.2, 0) is 4.79 Å². The van der Waals surface area contributed by atoms with E-state index in [0.29, 0.717) is 37.4 Å². The molecule has 2 aromatic rings. The summed E-state index contributed by atoms with van der Waals surface area (Å²) in [5.74, 6) is -1.94. The van der Waals surface area contributed by atoms with Gasteiger partial charge in [-0.2, -0.15) is 13.2 Å². The number of aliphatic hydroxyl groups is 1. The lowest BCUT2D eigenvalue weighted by Crippen LogP contribution is -2.53. The van der Waals surface area contributed by atoms with Crippen LogP contribution in [0.4, 0.5) is 17.6 Å². The summed E-state index contributed by atoms with van der Waals surface area (Å²) in [5, 5.41) is 9.95. The monoisotopic (exact) mass is 579 g/mol. The molecule has 1 saturated carbocycles. The number of halogens is 4. The lowest BCUT2D eigenvalue weighted by molar-refractivity contribution is -0.256. The third-order valence-corrected chi connectivity index (χ3v) is 8.65. The highest BCUT2D eigenvalue weighted by molar-refractivity contribution is 5.98. The van der Waals surface area contributed by atoms with Gasteiger partial charge in [-0.3, -0.25) is 9.59 Å². The summed E-state index contributed by atoms with van der Waals surface area (Å²) in [6.07, 6.45) is 0.282. The maximum absolute atomic E-state index is 14.9. The first-order valence-electron chi connectivity index (χ1n) is 13.8. The minimum absolute atomic E-state index is 0.0715. The van der Waals surface area contributed by atoms with Gasteiger partial charge in [0, 0.05) is 18.7 Å². The van der Waals surface area contributed by atoms with Crippen molar-refractivity contribution >= 4 is 11.8 Å². The number of nitrogens with zero attached hydrogens (tertiary/aromatic N) is 4. The quantitative estimate of drug-likeness (QED) is 0.461. The van der Waals surface area contributed by atoms with Crippen LogP contribution in [0.2, 0.25) is 0 Å². The Kier molecular flexibility index (Phi) is 8.20. The zero-order chi connectivity index (χ0) is 29.4. The molecule has 1 aromatic carbocycles. The van der Waals surface area contributed by atoms with Crippen LogP contribution >= 0.6 is 0 Å². The van der Waals surface area contributed by atoms with Gasteiger partial charge in [0.1, 0.15) is 11.9 Å². The smallest absolute Gasteiger partial charge is 0.395 e. The maximum atomic E-state index is 14.9. The Bertz CT molecular complexity index is 1260. The van der Waals surface area contributed by atoms with Gasteiger partial charge in [0.05, 0.1) is 41.8 Å². The molecule has 2 aliphatic heterocycles. The van der Waals surface area contributed by atoms with Gasteiger partial charge in [0.25, 0.3) is 5.91 Å². The molecular weight excluding hydrogens is 546 g/mol. The third kappa shape index (κ3) is 6.01. The van der Waals surface area contributed by atoms with Gasteiger partial charge in [0.15, 0.2) is 0 Å². The van der Waals surface area contributed by atoms with Gasteiger partial charge in [-0.1, -0.05) is 12.5 Å². The number of carbonyl (C=O) groups is 2. The first-order valence-corrected chi connectivity index (χ1v) is 13.8. The summed E-state index contributed by atoms with van der Waals surface area (Å²) >= 11 is 0. The maximum Gasteiger partial charge on any atom is 0.395 e. The summed E-state index contributed by atoms with van der Waals surface area (Å²) in [7, 11) is 0. The summed E-state index contributed by atoms with van der Waals surface area (Å²) in [6, 6.07) is 2.73. The van der Waals surface area contributed by atoms with Gasteiger partial charge >= 0.3 is 6.18 Å². The predicted octanol–water partition coefficient (Wildman–Crippen LogP) is 3.17. The van der Waals surface area contributed by atoms with Gasteiger partial charge in [0.2, 0.25) is 11.8 Å². The molecule has 222 valence electrons. The molecule has 0 bridgehead atoms. The van der Waals surface area contributed by atoms with E-state index in [1.807, 2.05) is 4.90 Å². The number of piperidine rings is 1. The minimum atomic E-state index is -4.16. The molecule has 2 saturated heterocycles. The Labute approximate surface area is 234 Å². The Morgan fingerprint density at radius 3 is 2.39 bits per heavy atom. The van der Waals surface area contributed by atoms with Gasteiger partial charge in [-0.25, -0.2) is 14.4 Å². The van der Waals surface area contributed by atoms with E-state index < -0.39 is 41.4 Å². The summed E-state index contributed by atoms with van der Waals surface area (Å²) in [5.41, 5.74) is 4.23. The topological polar surface area (TPSA) is 122 Å². The van der Waals surface area contributed by atoms with Crippen LogP contribution in [0.1, 0.15) is 48.9 Å². The van der Waals surface area contributed by atoms with E-state index in [4.69, 9.17) is 10.5 Å². The minimum Gasteiger partial charge on any atom is -0.476 e. The largest absolute Gasteiger partial charge is 0.476 e. The molecule has 1 aromatic heterocycles. The molecule has 41 heavy (non-hydrogen) atoms. The Balaban J connectivity index is 1.13. The first kappa shape index (κ1) is 29.2. The molecule has 5 rings (SSSR count). The number of ether oxygens (including phenoxy) is 1. The van der Waals surface area contributed by atoms with E-state index in [9.17, 15) is 32.3 Å². The number of carbonyl (C=O) groups excluding carboxylic acids is 2. The second-order valence-corrected chi connectivity index (χ2v) is 11.3. The third-order valence-electron chi connectivity index (χ3n) is 8.65. The molecule has 2 atom stereocenters. The summed E-state index contributed by atoms with van der Waals surface area (Å²) < 4.78 is 61.2. The van der Waals surface area contributed by atoms with Crippen LogP contribution in [-0.4, -0.2) is 87.8 Å². The fourth-order valence-corrected chi connectivity index (χ4v) is 5.97.